The van der Waals surface area contributed by atoms with Crippen LogP contribution in [0.3, 0.4) is 0 Å². The summed E-state index contributed by atoms with van der Waals surface area (Å²) in [5.41, 5.74) is -0.796. The largest absolute Gasteiger partial charge is 0.389 e. The van der Waals surface area contributed by atoms with Gasteiger partial charge in [0.2, 0.25) is 5.91 Å². The molecule has 1 saturated carbocycles. The molecule has 0 heterocycles. The van der Waals surface area contributed by atoms with Gasteiger partial charge in [-0.3, -0.25) is 4.79 Å². The predicted molar refractivity (Wildman–Crippen MR) is 69.7 cm³/mol. The van der Waals surface area contributed by atoms with Gasteiger partial charge in [0.05, 0.1) is 5.60 Å². The van der Waals surface area contributed by atoms with E-state index < -0.39 is 5.60 Å². The molecule has 3 nitrogen and oxygen atoms in total. The molecule has 1 fully saturated rings. The Hall–Kier alpha value is -0.570. The van der Waals surface area contributed by atoms with E-state index in [4.69, 9.17) is 0 Å². The quantitative estimate of drug-likeness (QED) is 0.776. The Morgan fingerprint density at radius 3 is 2.47 bits per heavy atom. The van der Waals surface area contributed by atoms with Crippen LogP contribution in [0, 0.1) is 5.92 Å². The van der Waals surface area contributed by atoms with Crippen molar-refractivity contribution in [2.45, 2.75) is 64.4 Å². The SMILES string of the molecule is CN(CC(C)(C)O)C(=O)CCCC1CCCC1. The minimum atomic E-state index is -0.796. The first-order valence-electron chi connectivity index (χ1n) is 6.85. The van der Waals surface area contributed by atoms with Crippen LogP contribution in [0.25, 0.3) is 0 Å². The van der Waals surface area contributed by atoms with Crippen LogP contribution in [-0.4, -0.2) is 35.1 Å². The van der Waals surface area contributed by atoms with E-state index in [1.807, 2.05) is 0 Å². The molecule has 100 valence electrons. The van der Waals surface area contributed by atoms with Crippen molar-refractivity contribution in [3.8, 4) is 0 Å². The van der Waals surface area contributed by atoms with E-state index in [9.17, 15) is 9.90 Å². The zero-order chi connectivity index (χ0) is 12.9. The predicted octanol–water partition coefficient (Wildman–Crippen LogP) is 2.58. The molecular weight excluding hydrogens is 214 g/mol. The molecule has 0 unspecified atom stereocenters. The van der Waals surface area contributed by atoms with Crippen molar-refractivity contribution in [1.82, 2.24) is 4.90 Å². The van der Waals surface area contributed by atoms with Crippen LogP contribution in [0.2, 0.25) is 0 Å². The smallest absolute Gasteiger partial charge is 0.222 e. The van der Waals surface area contributed by atoms with E-state index in [0.717, 1.165) is 12.3 Å². The zero-order valence-corrected chi connectivity index (χ0v) is 11.5. The van der Waals surface area contributed by atoms with Crippen LogP contribution in [0.1, 0.15) is 58.8 Å². The number of carbonyl (C=O) groups is 1. The summed E-state index contributed by atoms with van der Waals surface area (Å²) in [5, 5.41) is 9.64. The standard InChI is InChI=1S/C14H27NO2/c1-14(2,17)11-15(3)13(16)10-6-9-12-7-4-5-8-12/h12,17H,4-11H2,1-3H3. The Morgan fingerprint density at radius 1 is 1.35 bits per heavy atom. The molecule has 0 aliphatic heterocycles. The number of nitrogens with zero attached hydrogens (tertiary/aromatic N) is 1. The monoisotopic (exact) mass is 241 g/mol. The molecular formula is C14H27NO2. The molecule has 0 aromatic rings. The molecule has 0 atom stereocenters. The minimum Gasteiger partial charge on any atom is -0.389 e. The summed E-state index contributed by atoms with van der Waals surface area (Å²) in [6, 6.07) is 0. The molecule has 0 bridgehead atoms. The van der Waals surface area contributed by atoms with E-state index in [-0.39, 0.29) is 5.91 Å². The zero-order valence-electron chi connectivity index (χ0n) is 11.5. The van der Waals surface area contributed by atoms with E-state index in [2.05, 4.69) is 0 Å². The molecule has 1 aliphatic rings. The van der Waals surface area contributed by atoms with Crippen molar-refractivity contribution < 1.29 is 9.90 Å². The van der Waals surface area contributed by atoms with Gasteiger partial charge < -0.3 is 10.0 Å². The average Bonchev–Trinajstić information content (AvgIpc) is 2.67. The average molecular weight is 241 g/mol. The van der Waals surface area contributed by atoms with Gasteiger partial charge in [-0.2, -0.15) is 0 Å². The lowest BCUT2D eigenvalue weighted by molar-refractivity contribution is -0.132. The highest BCUT2D eigenvalue weighted by molar-refractivity contribution is 5.75. The highest BCUT2D eigenvalue weighted by atomic mass is 16.3. The van der Waals surface area contributed by atoms with Gasteiger partial charge in [0.15, 0.2) is 0 Å². The summed E-state index contributed by atoms with van der Waals surface area (Å²) < 4.78 is 0. The molecule has 0 radical (unpaired) electrons. The molecule has 0 aromatic carbocycles. The number of likely N-dealkylation sites (N-methyl/N-ethyl adjacent to an activating group) is 1. The Balaban J connectivity index is 2.15. The third kappa shape index (κ3) is 6.06. The third-order valence-electron chi connectivity index (χ3n) is 3.53. The fraction of sp³-hybridized carbons (Fsp3) is 0.929. The first-order chi connectivity index (χ1) is 7.88. The minimum absolute atomic E-state index is 0.158. The molecule has 17 heavy (non-hydrogen) atoms. The summed E-state index contributed by atoms with van der Waals surface area (Å²) >= 11 is 0. The first kappa shape index (κ1) is 14.5. The van der Waals surface area contributed by atoms with E-state index in [0.29, 0.717) is 13.0 Å². The molecule has 1 amide bonds. The fourth-order valence-electron chi connectivity index (χ4n) is 2.70. The fourth-order valence-corrected chi connectivity index (χ4v) is 2.70. The van der Waals surface area contributed by atoms with Gasteiger partial charge in [-0.25, -0.2) is 0 Å². The number of amides is 1. The first-order valence-corrected chi connectivity index (χ1v) is 6.85. The van der Waals surface area contributed by atoms with Crippen molar-refractivity contribution in [3.63, 3.8) is 0 Å². The van der Waals surface area contributed by atoms with Crippen LogP contribution < -0.4 is 0 Å². The van der Waals surface area contributed by atoms with E-state index in [1.54, 1.807) is 25.8 Å². The van der Waals surface area contributed by atoms with Crippen molar-refractivity contribution in [2.24, 2.45) is 5.92 Å². The van der Waals surface area contributed by atoms with Crippen LogP contribution in [-0.2, 0) is 4.79 Å². The number of hydrogen-bond donors (Lipinski definition) is 1. The second-order valence-corrected chi connectivity index (χ2v) is 6.10. The number of rotatable bonds is 6. The summed E-state index contributed by atoms with van der Waals surface area (Å²) in [7, 11) is 1.77. The second-order valence-electron chi connectivity index (χ2n) is 6.10. The molecule has 0 spiro atoms. The van der Waals surface area contributed by atoms with Gasteiger partial charge in [0, 0.05) is 20.0 Å². The maximum absolute atomic E-state index is 11.8. The normalized spacial score (nSPS) is 17.4. The van der Waals surface area contributed by atoms with Crippen LogP contribution in [0.4, 0.5) is 0 Å². The van der Waals surface area contributed by atoms with Crippen LogP contribution >= 0.6 is 0 Å². The van der Waals surface area contributed by atoms with Crippen molar-refractivity contribution in [3.05, 3.63) is 0 Å². The highest BCUT2D eigenvalue weighted by Gasteiger charge is 2.20. The molecule has 1 aliphatic carbocycles. The lowest BCUT2D eigenvalue weighted by Crippen LogP contribution is -2.39. The van der Waals surface area contributed by atoms with Gasteiger partial charge in [-0.1, -0.05) is 25.7 Å². The van der Waals surface area contributed by atoms with Gasteiger partial charge in [0.1, 0.15) is 0 Å². The summed E-state index contributed by atoms with van der Waals surface area (Å²) in [6.07, 6.45) is 8.28. The molecule has 3 heteroatoms. The molecule has 0 aromatic heterocycles. The van der Waals surface area contributed by atoms with Gasteiger partial charge in [0.25, 0.3) is 0 Å². The Morgan fingerprint density at radius 2 is 1.94 bits per heavy atom. The Kier molecular flexibility index (Phi) is 5.44. The van der Waals surface area contributed by atoms with Crippen LogP contribution in [0.15, 0.2) is 0 Å². The second kappa shape index (κ2) is 6.39. The van der Waals surface area contributed by atoms with Crippen molar-refractivity contribution in [2.75, 3.05) is 13.6 Å². The van der Waals surface area contributed by atoms with Gasteiger partial charge >= 0.3 is 0 Å². The Bertz CT molecular complexity index is 239. The summed E-state index contributed by atoms with van der Waals surface area (Å²) in [5.74, 6) is 1.02. The number of carbonyl (C=O) groups excluding carboxylic acids is 1. The Labute approximate surface area is 105 Å². The van der Waals surface area contributed by atoms with Crippen molar-refractivity contribution >= 4 is 5.91 Å². The lowest BCUT2D eigenvalue weighted by Gasteiger charge is -2.25. The topological polar surface area (TPSA) is 40.5 Å². The maximum atomic E-state index is 11.8. The summed E-state index contributed by atoms with van der Waals surface area (Å²) in [4.78, 5) is 13.5. The van der Waals surface area contributed by atoms with Gasteiger partial charge in [-0.05, 0) is 32.6 Å². The molecule has 1 N–H and O–H groups in total. The lowest BCUT2D eigenvalue weighted by atomic mass is 10.0. The maximum Gasteiger partial charge on any atom is 0.222 e. The molecule has 0 saturated heterocycles. The van der Waals surface area contributed by atoms with E-state index >= 15 is 0 Å². The highest BCUT2D eigenvalue weighted by Crippen LogP contribution is 2.28. The molecule has 1 rings (SSSR count). The van der Waals surface area contributed by atoms with Crippen molar-refractivity contribution in [1.29, 1.82) is 0 Å². The third-order valence-corrected chi connectivity index (χ3v) is 3.53. The number of hydrogen-bond acceptors (Lipinski definition) is 2. The number of aliphatic hydroxyl groups is 1. The van der Waals surface area contributed by atoms with Crippen LogP contribution in [0.5, 0.6) is 0 Å². The van der Waals surface area contributed by atoms with E-state index in [1.165, 1.54) is 32.1 Å². The summed E-state index contributed by atoms with van der Waals surface area (Å²) in [6.45, 7) is 3.87. The van der Waals surface area contributed by atoms with Gasteiger partial charge in [-0.15, -0.1) is 0 Å².